The summed E-state index contributed by atoms with van der Waals surface area (Å²) in [5.41, 5.74) is 1.89. The molecular weight excluding hydrogens is 359 g/mol. The maximum absolute atomic E-state index is 14.7. The van der Waals surface area contributed by atoms with Gasteiger partial charge in [0.15, 0.2) is 0 Å². The van der Waals surface area contributed by atoms with Crippen LogP contribution in [0.15, 0.2) is 47.4 Å². The zero-order valence-electron chi connectivity index (χ0n) is 16.1. The number of carbonyl (C=O) groups is 1. The molecule has 146 valence electrons. The minimum absolute atomic E-state index is 0.0687. The molecule has 0 bridgehead atoms. The van der Waals surface area contributed by atoms with Gasteiger partial charge in [0.1, 0.15) is 11.4 Å². The van der Waals surface area contributed by atoms with E-state index in [0.717, 1.165) is 17.2 Å². The second kappa shape index (κ2) is 7.84. The van der Waals surface area contributed by atoms with Crippen LogP contribution in [0.3, 0.4) is 0 Å². The van der Waals surface area contributed by atoms with E-state index in [4.69, 9.17) is 0 Å². The van der Waals surface area contributed by atoms with Gasteiger partial charge in [-0.3, -0.25) is 4.79 Å². The average Bonchev–Trinajstić information content (AvgIpc) is 2.62. The molecule has 2 N–H and O–H groups in total. The highest BCUT2D eigenvalue weighted by Gasteiger charge is 2.17. The summed E-state index contributed by atoms with van der Waals surface area (Å²) in [7, 11) is 0. The second-order valence-electron chi connectivity index (χ2n) is 7.42. The highest BCUT2D eigenvalue weighted by atomic mass is 19.1. The summed E-state index contributed by atoms with van der Waals surface area (Å²) < 4.78 is 16.4. The van der Waals surface area contributed by atoms with Gasteiger partial charge >= 0.3 is 5.97 Å². The Hall–Kier alpha value is -3.15. The summed E-state index contributed by atoms with van der Waals surface area (Å²) in [6, 6.07) is 10.6. The third-order valence-corrected chi connectivity index (χ3v) is 4.53. The number of hydrogen-bond donors (Lipinski definition) is 2. The minimum atomic E-state index is -1.31. The Labute approximate surface area is 162 Å². The van der Waals surface area contributed by atoms with Crippen LogP contribution < -0.4 is 10.7 Å². The zero-order chi connectivity index (χ0) is 20.4. The molecule has 2 aromatic carbocycles. The number of aromatic carboxylic acids is 1. The van der Waals surface area contributed by atoms with Gasteiger partial charge in [-0.1, -0.05) is 43.7 Å². The molecule has 0 fully saturated rings. The van der Waals surface area contributed by atoms with E-state index in [0.29, 0.717) is 18.6 Å². The molecule has 0 aliphatic rings. The fourth-order valence-electron chi connectivity index (χ4n) is 3.26. The highest BCUT2D eigenvalue weighted by Crippen LogP contribution is 2.23. The highest BCUT2D eigenvalue weighted by molar-refractivity contribution is 5.93. The number of aryl methyl sites for hydroxylation is 1. The molecule has 0 radical (unpaired) electrons. The quantitative estimate of drug-likeness (QED) is 0.662. The Morgan fingerprint density at radius 3 is 2.64 bits per heavy atom. The first-order chi connectivity index (χ1) is 13.3. The Bertz CT molecular complexity index is 1100. The molecule has 3 aromatic rings. The van der Waals surface area contributed by atoms with Crippen molar-refractivity contribution in [2.75, 3.05) is 5.32 Å². The maximum Gasteiger partial charge on any atom is 0.341 e. The molecule has 1 heterocycles. The first kappa shape index (κ1) is 19.6. The lowest BCUT2D eigenvalue weighted by Gasteiger charge is -2.16. The van der Waals surface area contributed by atoms with Crippen LogP contribution in [-0.2, 0) is 13.1 Å². The SMILES string of the molecule is Cc1cccc(CNc2cc3c(cc2F)c(=O)c(C(=O)O)cn3CC(C)C)c1. The van der Waals surface area contributed by atoms with Crippen LogP contribution in [-0.4, -0.2) is 15.6 Å². The van der Waals surface area contributed by atoms with Gasteiger partial charge in [0.25, 0.3) is 0 Å². The van der Waals surface area contributed by atoms with E-state index in [1.165, 1.54) is 6.20 Å². The number of pyridine rings is 1. The monoisotopic (exact) mass is 382 g/mol. The van der Waals surface area contributed by atoms with Gasteiger partial charge in [-0.25, -0.2) is 9.18 Å². The number of anilines is 1. The Morgan fingerprint density at radius 1 is 1.25 bits per heavy atom. The van der Waals surface area contributed by atoms with Gasteiger partial charge in [0.05, 0.1) is 11.2 Å². The van der Waals surface area contributed by atoms with E-state index >= 15 is 0 Å². The lowest BCUT2D eigenvalue weighted by Crippen LogP contribution is -2.20. The fourth-order valence-corrected chi connectivity index (χ4v) is 3.26. The molecule has 0 saturated heterocycles. The number of fused-ring (bicyclic) bond motifs is 1. The van der Waals surface area contributed by atoms with Gasteiger partial charge in [-0.15, -0.1) is 0 Å². The third-order valence-electron chi connectivity index (χ3n) is 4.53. The van der Waals surface area contributed by atoms with E-state index in [2.05, 4.69) is 5.32 Å². The van der Waals surface area contributed by atoms with Crippen molar-refractivity contribution in [1.29, 1.82) is 0 Å². The van der Waals surface area contributed by atoms with Crippen molar-refractivity contribution in [2.45, 2.75) is 33.9 Å². The molecule has 3 rings (SSSR count). The maximum atomic E-state index is 14.7. The first-order valence-electron chi connectivity index (χ1n) is 9.15. The molecule has 1 aromatic heterocycles. The van der Waals surface area contributed by atoms with Crippen molar-refractivity contribution in [1.82, 2.24) is 4.57 Å². The molecule has 0 aliphatic heterocycles. The third kappa shape index (κ3) is 4.06. The van der Waals surface area contributed by atoms with Crippen molar-refractivity contribution in [3.8, 4) is 0 Å². The molecule has 28 heavy (non-hydrogen) atoms. The van der Waals surface area contributed by atoms with E-state index in [1.807, 2.05) is 45.0 Å². The van der Waals surface area contributed by atoms with E-state index < -0.39 is 17.2 Å². The van der Waals surface area contributed by atoms with Crippen molar-refractivity contribution in [3.05, 3.63) is 75.3 Å². The molecule has 0 spiro atoms. The molecule has 5 nitrogen and oxygen atoms in total. The summed E-state index contributed by atoms with van der Waals surface area (Å²) in [5, 5.41) is 12.5. The van der Waals surface area contributed by atoms with Crippen molar-refractivity contribution in [3.63, 3.8) is 0 Å². The Morgan fingerprint density at radius 2 is 2.00 bits per heavy atom. The number of aromatic nitrogens is 1. The predicted molar refractivity (Wildman–Crippen MR) is 108 cm³/mol. The Kier molecular flexibility index (Phi) is 5.49. The second-order valence-corrected chi connectivity index (χ2v) is 7.42. The predicted octanol–water partition coefficient (Wildman–Crippen LogP) is 4.42. The van der Waals surface area contributed by atoms with Crippen LogP contribution in [0.1, 0.15) is 35.3 Å². The van der Waals surface area contributed by atoms with Gasteiger partial charge in [0.2, 0.25) is 5.43 Å². The number of hydrogen-bond acceptors (Lipinski definition) is 3. The molecule has 0 unspecified atom stereocenters. The number of nitrogens with one attached hydrogen (secondary N) is 1. The number of nitrogens with zero attached hydrogens (tertiary/aromatic N) is 1. The van der Waals surface area contributed by atoms with Crippen molar-refractivity contribution >= 4 is 22.6 Å². The number of rotatable bonds is 6. The summed E-state index contributed by atoms with van der Waals surface area (Å²) >= 11 is 0. The van der Waals surface area contributed by atoms with Crippen LogP contribution in [0, 0.1) is 18.7 Å². The van der Waals surface area contributed by atoms with Gasteiger partial charge < -0.3 is 15.0 Å². The normalized spacial score (nSPS) is 11.2. The lowest BCUT2D eigenvalue weighted by molar-refractivity contribution is 0.0694. The summed E-state index contributed by atoms with van der Waals surface area (Å²) in [6.07, 6.45) is 1.34. The summed E-state index contributed by atoms with van der Waals surface area (Å²) in [6.45, 7) is 6.92. The molecular formula is C22H23FN2O3. The number of carboxylic acids is 1. The molecule has 0 saturated carbocycles. The standard InChI is InChI=1S/C22H23FN2O3/c1-13(2)11-25-12-17(22(27)28)21(26)16-8-18(23)19(9-20(16)25)24-10-15-6-4-5-14(3)7-15/h4-9,12-13,24H,10-11H2,1-3H3,(H,27,28). The van der Waals surface area contributed by atoms with Crippen LogP contribution in [0.4, 0.5) is 10.1 Å². The van der Waals surface area contributed by atoms with Gasteiger partial charge in [-0.2, -0.15) is 0 Å². The molecule has 0 amide bonds. The van der Waals surface area contributed by atoms with Crippen LogP contribution in [0.2, 0.25) is 0 Å². The number of benzene rings is 2. The van der Waals surface area contributed by atoms with Crippen LogP contribution >= 0.6 is 0 Å². The van der Waals surface area contributed by atoms with Crippen LogP contribution in [0.25, 0.3) is 10.9 Å². The molecule has 0 atom stereocenters. The average molecular weight is 382 g/mol. The van der Waals surface area contributed by atoms with E-state index in [9.17, 15) is 19.1 Å². The summed E-state index contributed by atoms with van der Waals surface area (Å²) in [5.74, 6) is -1.68. The number of carboxylic acid groups (broad SMARTS) is 1. The van der Waals surface area contributed by atoms with Crippen molar-refractivity contribution < 1.29 is 14.3 Å². The topological polar surface area (TPSA) is 71.3 Å². The molecule has 6 heteroatoms. The first-order valence-corrected chi connectivity index (χ1v) is 9.15. The largest absolute Gasteiger partial charge is 0.477 e. The van der Waals surface area contributed by atoms with E-state index in [-0.39, 0.29) is 22.6 Å². The van der Waals surface area contributed by atoms with Gasteiger partial charge in [-0.05, 0) is 30.5 Å². The number of halogens is 1. The lowest BCUT2D eigenvalue weighted by atomic mass is 10.1. The molecule has 0 aliphatic carbocycles. The van der Waals surface area contributed by atoms with Gasteiger partial charge in [0, 0.05) is 24.7 Å². The minimum Gasteiger partial charge on any atom is -0.477 e. The van der Waals surface area contributed by atoms with E-state index in [1.54, 1.807) is 10.6 Å². The summed E-state index contributed by atoms with van der Waals surface area (Å²) in [4.78, 5) is 23.9. The van der Waals surface area contributed by atoms with Crippen LogP contribution in [0.5, 0.6) is 0 Å². The zero-order valence-corrected chi connectivity index (χ0v) is 16.1. The fraction of sp³-hybridized carbons (Fsp3) is 0.273. The van der Waals surface area contributed by atoms with Crippen molar-refractivity contribution in [2.24, 2.45) is 5.92 Å². The smallest absolute Gasteiger partial charge is 0.341 e. The Balaban J connectivity index is 2.08.